The number of fused-ring (bicyclic) bond motifs is 1. The molecule has 3 rings (SSSR count). The Bertz CT molecular complexity index is 755. The summed E-state index contributed by atoms with van der Waals surface area (Å²) in [6.07, 6.45) is 1.76. The summed E-state index contributed by atoms with van der Waals surface area (Å²) in [4.78, 5) is 4.43. The summed E-state index contributed by atoms with van der Waals surface area (Å²) in [6.45, 7) is -0.0408. The zero-order chi connectivity index (χ0) is 14.7. The van der Waals surface area contributed by atoms with Crippen LogP contribution in [0.3, 0.4) is 0 Å². The topological polar surface area (TPSA) is 45.1 Å². The number of aromatic nitrogens is 1. The Morgan fingerprint density at radius 3 is 2.67 bits per heavy atom. The maximum absolute atomic E-state index is 9.76. The number of para-hydroxylation sites is 2. The second-order valence-corrected chi connectivity index (χ2v) is 5.19. The van der Waals surface area contributed by atoms with Crippen LogP contribution >= 0.6 is 11.6 Å². The van der Waals surface area contributed by atoms with Crippen LogP contribution in [0, 0.1) is 0 Å². The van der Waals surface area contributed by atoms with E-state index in [0.29, 0.717) is 5.02 Å². The van der Waals surface area contributed by atoms with Gasteiger partial charge in [-0.2, -0.15) is 0 Å². The number of nitrogens with one attached hydrogen (secondary N) is 1. The quantitative estimate of drug-likeness (QED) is 0.764. The van der Waals surface area contributed by atoms with Gasteiger partial charge < -0.3 is 10.4 Å². The lowest BCUT2D eigenvalue weighted by molar-refractivity contribution is 0.277. The van der Waals surface area contributed by atoms with Gasteiger partial charge in [0.15, 0.2) is 0 Å². The van der Waals surface area contributed by atoms with E-state index in [0.717, 1.165) is 22.2 Å². The minimum Gasteiger partial charge on any atom is -0.394 e. The van der Waals surface area contributed by atoms with E-state index < -0.39 is 0 Å². The van der Waals surface area contributed by atoms with Crippen LogP contribution in [0.5, 0.6) is 0 Å². The highest BCUT2D eigenvalue weighted by molar-refractivity contribution is 6.33. The molecule has 0 saturated carbocycles. The van der Waals surface area contributed by atoms with Crippen molar-refractivity contribution in [1.82, 2.24) is 4.98 Å². The van der Waals surface area contributed by atoms with Crippen LogP contribution in [0.15, 0.2) is 60.8 Å². The van der Waals surface area contributed by atoms with Crippen LogP contribution in [0.4, 0.5) is 5.69 Å². The lowest BCUT2D eigenvalue weighted by atomic mass is 10.0. The van der Waals surface area contributed by atoms with Gasteiger partial charge in [-0.15, -0.1) is 0 Å². The molecule has 3 nitrogen and oxygen atoms in total. The molecule has 1 heterocycles. The maximum Gasteiger partial charge on any atom is 0.0766 e. The normalized spacial score (nSPS) is 12.3. The summed E-state index contributed by atoms with van der Waals surface area (Å²) >= 11 is 6.17. The number of benzene rings is 2. The first-order valence-corrected chi connectivity index (χ1v) is 7.13. The number of anilines is 1. The SMILES string of the molecule is OCC(Nc1ccccc1Cl)c1cccc2cccnc12. The molecule has 0 spiro atoms. The van der Waals surface area contributed by atoms with Gasteiger partial charge in [0, 0.05) is 17.1 Å². The first-order chi connectivity index (χ1) is 10.3. The van der Waals surface area contributed by atoms with Crippen molar-refractivity contribution in [2.24, 2.45) is 0 Å². The van der Waals surface area contributed by atoms with Gasteiger partial charge in [-0.25, -0.2) is 0 Å². The number of rotatable bonds is 4. The predicted molar refractivity (Wildman–Crippen MR) is 86.6 cm³/mol. The third-order valence-corrected chi connectivity index (χ3v) is 3.76. The molecule has 1 unspecified atom stereocenters. The van der Waals surface area contributed by atoms with E-state index in [1.54, 1.807) is 6.20 Å². The third-order valence-electron chi connectivity index (χ3n) is 3.43. The zero-order valence-corrected chi connectivity index (χ0v) is 12.1. The number of halogens is 1. The Kier molecular flexibility index (Phi) is 4.04. The van der Waals surface area contributed by atoms with Crippen molar-refractivity contribution in [3.05, 3.63) is 71.4 Å². The van der Waals surface area contributed by atoms with Crippen LogP contribution in [-0.2, 0) is 0 Å². The van der Waals surface area contributed by atoms with Crippen molar-refractivity contribution in [3.8, 4) is 0 Å². The molecule has 1 aromatic heterocycles. The largest absolute Gasteiger partial charge is 0.394 e. The minimum atomic E-state index is -0.261. The van der Waals surface area contributed by atoms with Crippen LogP contribution < -0.4 is 5.32 Å². The zero-order valence-electron chi connectivity index (χ0n) is 11.3. The van der Waals surface area contributed by atoms with Crippen molar-refractivity contribution in [2.75, 3.05) is 11.9 Å². The van der Waals surface area contributed by atoms with Crippen LogP contribution in [0.25, 0.3) is 10.9 Å². The van der Waals surface area contributed by atoms with Crippen LogP contribution in [0.2, 0.25) is 5.02 Å². The Labute approximate surface area is 128 Å². The number of hydrogen-bond donors (Lipinski definition) is 2. The molecule has 0 aliphatic heterocycles. The lowest BCUT2D eigenvalue weighted by Gasteiger charge is -2.20. The summed E-state index contributed by atoms with van der Waals surface area (Å²) < 4.78 is 0. The third kappa shape index (κ3) is 2.84. The van der Waals surface area contributed by atoms with E-state index in [9.17, 15) is 5.11 Å². The molecule has 3 aromatic rings. The molecule has 0 aliphatic carbocycles. The van der Waals surface area contributed by atoms with Gasteiger partial charge >= 0.3 is 0 Å². The molecule has 0 saturated heterocycles. The molecule has 1 atom stereocenters. The van der Waals surface area contributed by atoms with E-state index >= 15 is 0 Å². The van der Waals surface area contributed by atoms with E-state index in [1.165, 1.54) is 0 Å². The minimum absolute atomic E-state index is 0.0408. The van der Waals surface area contributed by atoms with Crippen molar-refractivity contribution in [2.45, 2.75) is 6.04 Å². The Morgan fingerprint density at radius 2 is 1.86 bits per heavy atom. The predicted octanol–water partition coefficient (Wildman–Crippen LogP) is 4.03. The Hall–Kier alpha value is -2.10. The smallest absolute Gasteiger partial charge is 0.0766 e. The van der Waals surface area contributed by atoms with Gasteiger partial charge in [0.05, 0.1) is 28.9 Å². The van der Waals surface area contributed by atoms with E-state index in [1.807, 2.05) is 54.6 Å². The molecule has 2 aromatic carbocycles. The van der Waals surface area contributed by atoms with Gasteiger partial charge in [0.1, 0.15) is 0 Å². The molecule has 0 bridgehead atoms. The summed E-state index contributed by atoms with van der Waals surface area (Å²) in [6, 6.07) is 17.1. The molecular weight excluding hydrogens is 284 g/mol. The van der Waals surface area contributed by atoms with Gasteiger partial charge in [0.2, 0.25) is 0 Å². The fraction of sp³-hybridized carbons (Fsp3) is 0.118. The second kappa shape index (κ2) is 6.12. The molecule has 106 valence electrons. The number of aliphatic hydroxyl groups excluding tert-OH is 1. The molecule has 0 aliphatic rings. The molecule has 0 amide bonds. The van der Waals surface area contributed by atoms with Crippen molar-refractivity contribution in [3.63, 3.8) is 0 Å². The highest BCUT2D eigenvalue weighted by atomic mass is 35.5. The first-order valence-electron chi connectivity index (χ1n) is 6.75. The van der Waals surface area contributed by atoms with Crippen LogP contribution in [0.1, 0.15) is 11.6 Å². The molecule has 2 N–H and O–H groups in total. The Balaban J connectivity index is 2.01. The van der Waals surface area contributed by atoms with Crippen LogP contribution in [-0.4, -0.2) is 16.7 Å². The summed E-state index contributed by atoms with van der Waals surface area (Å²) in [5.74, 6) is 0. The monoisotopic (exact) mass is 298 g/mol. The highest BCUT2D eigenvalue weighted by Gasteiger charge is 2.15. The molecule has 0 radical (unpaired) electrons. The van der Waals surface area contributed by atoms with E-state index in [4.69, 9.17) is 11.6 Å². The highest BCUT2D eigenvalue weighted by Crippen LogP contribution is 2.28. The fourth-order valence-corrected chi connectivity index (χ4v) is 2.59. The van der Waals surface area contributed by atoms with E-state index in [-0.39, 0.29) is 12.6 Å². The molecular formula is C17H15ClN2O. The average molecular weight is 299 g/mol. The molecule has 4 heteroatoms. The van der Waals surface area contributed by atoms with Gasteiger partial charge in [0.25, 0.3) is 0 Å². The molecule has 21 heavy (non-hydrogen) atoms. The van der Waals surface area contributed by atoms with Gasteiger partial charge in [-0.3, -0.25) is 4.98 Å². The Morgan fingerprint density at radius 1 is 1.05 bits per heavy atom. The maximum atomic E-state index is 9.76. The number of nitrogens with zero attached hydrogens (tertiary/aromatic N) is 1. The van der Waals surface area contributed by atoms with Gasteiger partial charge in [-0.1, -0.05) is 48.0 Å². The average Bonchev–Trinajstić information content (AvgIpc) is 2.54. The second-order valence-electron chi connectivity index (χ2n) is 4.78. The first kappa shape index (κ1) is 13.9. The number of hydrogen-bond acceptors (Lipinski definition) is 3. The lowest BCUT2D eigenvalue weighted by Crippen LogP contribution is -2.15. The number of pyridine rings is 1. The van der Waals surface area contributed by atoms with Crippen molar-refractivity contribution < 1.29 is 5.11 Å². The van der Waals surface area contributed by atoms with Crippen molar-refractivity contribution >= 4 is 28.2 Å². The summed E-state index contributed by atoms with van der Waals surface area (Å²) in [5.41, 5.74) is 2.64. The number of aliphatic hydroxyl groups is 1. The van der Waals surface area contributed by atoms with Gasteiger partial charge in [-0.05, 0) is 18.2 Å². The summed E-state index contributed by atoms with van der Waals surface area (Å²) in [7, 11) is 0. The van der Waals surface area contributed by atoms with E-state index in [2.05, 4.69) is 10.3 Å². The standard InChI is InChI=1S/C17H15ClN2O/c18-14-8-1-2-9-15(14)20-16(11-21)13-7-3-5-12-6-4-10-19-17(12)13/h1-10,16,20-21H,11H2. The van der Waals surface area contributed by atoms with Crippen molar-refractivity contribution in [1.29, 1.82) is 0 Å². The molecule has 0 fully saturated rings. The summed E-state index contributed by atoms with van der Waals surface area (Å²) in [5, 5.41) is 14.7. The fourth-order valence-electron chi connectivity index (χ4n) is 2.40.